The fourth-order valence-corrected chi connectivity index (χ4v) is 25.3. The number of nitrogens with zero attached hydrogens (tertiary/aromatic N) is 5. The van der Waals surface area contributed by atoms with E-state index >= 15 is 0 Å². The summed E-state index contributed by atoms with van der Waals surface area (Å²) in [5.41, 5.74) is 30.9. The molecule has 0 fully saturated rings. The molecule has 7 heterocycles. The molecular weight excluding hydrogens is 1560 g/mol. The number of benzene rings is 16. The van der Waals surface area contributed by atoms with Gasteiger partial charge in [-0.2, -0.15) is 0 Å². The third kappa shape index (κ3) is 11.4. The van der Waals surface area contributed by atoms with E-state index in [2.05, 4.69) is 325 Å². The quantitative estimate of drug-likeness (QED) is 0.0990. The molecule has 9 heteroatoms. The summed E-state index contributed by atoms with van der Waals surface area (Å²) in [6.07, 6.45) is 3.61. The number of rotatable bonds is 10. The Morgan fingerprint density at radius 2 is 0.540 bits per heavy atom. The van der Waals surface area contributed by atoms with Crippen LogP contribution in [0, 0.1) is 0 Å². The molecule has 0 saturated carbocycles. The summed E-state index contributed by atoms with van der Waals surface area (Å²) in [6, 6.07) is 151. The van der Waals surface area contributed by atoms with Gasteiger partial charge in [0.1, 0.15) is 0 Å². The van der Waals surface area contributed by atoms with Crippen LogP contribution < -0.4 is 15.9 Å². The summed E-state index contributed by atoms with van der Waals surface area (Å²) in [7, 11) is -3.06. The van der Waals surface area contributed by atoms with Gasteiger partial charge in [-0.25, -0.2) is 15.0 Å². The minimum absolute atomic E-state index is 0.444. The van der Waals surface area contributed by atoms with Crippen molar-refractivity contribution in [2.45, 2.75) is 30.4 Å². The third-order valence-electron chi connectivity index (χ3n) is 25.7. The van der Waals surface area contributed by atoms with Gasteiger partial charge in [-0.15, -0.1) is 0 Å². The zero-order valence-electron chi connectivity index (χ0n) is 67.0. The van der Waals surface area contributed by atoms with E-state index in [0.717, 1.165) is 122 Å². The van der Waals surface area contributed by atoms with Crippen LogP contribution in [0.25, 0.3) is 144 Å². The highest BCUT2D eigenvalue weighted by molar-refractivity contribution is 7.99. The average Bonchev–Trinajstić information content (AvgIpc) is 1.50. The molecule has 2 aliphatic heterocycles. The third-order valence-corrected chi connectivity index (χ3v) is 31.1. The maximum Gasteiger partial charge on any atom is 0.171 e. The summed E-state index contributed by atoms with van der Waals surface area (Å²) in [6.45, 7) is 0. The lowest BCUT2D eigenvalue weighted by Gasteiger charge is -2.39. The Hall–Kier alpha value is -14.8. The molecule has 0 radical (unpaired) electrons. The maximum atomic E-state index is 15.0. The van der Waals surface area contributed by atoms with Crippen molar-refractivity contribution in [3.05, 3.63) is 482 Å². The molecule has 2 spiro atoms. The second-order valence-corrected chi connectivity index (χ2v) is 37.1. The molecule has 6 nitrogen and oxygen atoms in total. The van der Waals surface area contributed by atoms with E-state index < -0.39 is 18.0 Å². The van der Waals surface area contributed by atoms with Crippen molar-refractivity contribution in [3.8, 4) is 101 Å². The lowest BCUT2D eigenvalue weighted by molar-refractivity contribution is 0.592. The average molecular weight is 1630 g/mol. The van der Waals surface area contributed by atoms with Gasteiger partial charge in [0.15, 0.2) is 7.14 Å². The molecule has 0 N–H and O–H groups in total. The summed E-state index contributed by atoms with van der Waals surface area (Å²) in [5, 5.41) is 9.60. The molecule has 0 atom stereocenters. The highest BCUT2D eigenvalue weighted by Gasteiger charge is 2.53. The van der Waals surface area contributed by atoms with Crippen molar-refractivity contribution in [3.63, 3.8) is 0 Å². The van der Waals surface area contributed by atoms with Crippen LogP contribution in [0.4, 0.5) is 0 Å². The van der Waals surface area contributed by atoms with Crippen molar-refractivity contribution in [2.75, 3.05) is 0 Å². The van der Waals surface area contributed by atoms with E-state index in [4.69, 9.17) is 15.0 Å². The van der Waals surface area contributed by atoms with Gasteiger partial charge >= 0.3 is 0 Å². The molecular formula is C115H72N5OPS2. The van der Waals surface area contributed by atoms with Gasteiger partial charge in [-0.1, -0.05) is 375 Å². The monoisotopic (exact) mass is 1630 g/mol. The topological polar surface area (TPSA) is 81.5 Å². The van der Waals surface area contributed by atoms with Crippen molar-refractivity contribution in [2.24, 2.45) is 0 Å². The van der Waals surface area contributed by atoms with Crippen molar-refractivity contribution in [1.82, 2.24) is 24.9 Å². The lowest BCUT2D eigenvalue weighted by atomic mass is 9.67. The predicted octanol–water partition coefficient (Wildman–Crippen LogP) is 27.9. The Labute approximate surface area is 726 Å². The summed E-state index contributed by atoms with van der Waals surface area (Å²) in [5.74, 6) is 0. The standard InChI is InChI=1S/C59H36N4S.C56H36NOPS/c1-3-15-45-42(13-1)57-48(59(45)46-16-4-7-21-54(46)64-55-22-8-5-17-47(55)59)32-31-44-56(57)43-14-2-6-18-49(43)63-58(44)40-29-27-38(28-30-40)37-23-25-39(26-24-37)41-35-52(50-19-9-11-33-60-50)62-53(36-41)51-20-10-12-34-61-51;58-59(40-15-3-1-4-16-40,41-17-5-2-6-18-41)42-33-31-38(32-34-42)37-27-29-39(30-28-37)55-45-35-36-49-54(53(45)44-20-8-12-24-50(44)57-55)43-19-7-9-21-46(43)56(49)47-22-10-13-25-51(47)60-52-26-14-11-23-48(52)56/h1-36H;1-36H. The Morgan fingerprint density at radius 1 is 0.226 bits per heavy atom. The van der Waals surface area contributed by atoms with Crippen LogP contribution in [0.1, 0.15) is 44.5 Å². The molecule has 124 heavy (non-hydrogen) atoms. The second-order valence-electron chi connectivity index (χ2n) is 32.2. The fraction of sp³-hybridized carbons (Fsp3) is 0.0174. The molecule has 0 saturated heterocycles. The number of aromatic nitrogens is 5. The van der Waals surface area contributed by atoms with Gasteiger partial charge in [0.2, 0.25) is 0 Å². The Balaban J connectivity index is 0.000000140. The van der Waals surface area contributed by atoms with Gasteiger partial charge in [0.25, 0.3) is 0 Å². The Morgan fingerprint density at radius 3 is 0.927 bits per heavy atom. The highest BCUT2D eigenvalue weighted by atomic mass is 32.2. The SMILES string of the molecule is O=P(c1ccccc1)(c1ccccc1)c1ccc(-c2ccc(-c3nc4ccccc4c4c5c(ccc34)C3(c4ccccc4Sc4ccccc43)c3ccccc3-5)cc2)cc1.c1ccc(-c2cc(-c3ccc(-c4ccc(-c5nc6ccccc6c6c7c(ccc56)C5(c6ccccc6Sc6ccccc65)c5ccccc5-7)cc4)cc3)cc(-c3ccccn3)n2)nc1. The molecule has 0 bridgehead atoms. The first-order chi connectivity index (χ1) is 61.4. The van der Waals surface area contributed by atoms with Gasteiger partial charge in [0.05, 0.1) is 56.0 Å². The smallest absolute Gasteiger partial charge is 0.171 e. The van der Waals surface area contributed by atoms with Gasteiger partial charge < -0.3 is 4.57 Å². The fourth-order valence-electron chi connectivity index (χ4n) is 20.3. The molecule has 5 aromatic heterocycles. The van der Waals surface area contributed by atoms with E-state index in [-0.39, 0.29) is 0 Å². The van der Waals surface area contributed by atoms with Crippen LogP contribution in [0.15, 0.2) is 457 Å². The molecule has 25 rings (SSSR count). The molecule has 16 aromatic carbocycles. The number of hydrogen-bond acceptors (Lipinski definition) is 8. The molecule has 4 aliphatic rings. The van der Waals surface area contributed by atoms with E-state index in [9.17, 15) is 4.57 Å². The molecule has 21 aromatic rings. The van der Waals surface area contributed by atoms with E-state index in [1.54, 1.807) is 12.4 Å². The number of para-hydroxylation sites is 2. The van der Waals surface area contributed by atoms with Crippen LogP contribution in [0.5, 0.6) is 0 Å². The van der Waals surface area contributed by atoms with Crippen LogP contribution in [-0.2, 0) is 15.4 Å². The Bertz CT molecular complexity index is 7740. The number of hydrogen-bond donors (Lipinski definition) is 0. The van der Waals surface area contributed by atoms with Crippen molar-refractivity contribution in [1.29, 1.82) is 0 Å². The summed E-state index contributed by atoms with van der Waals surface area (Å²) < 4.78 is 15.0. The number of pyridine rings is 5. The van der Waals surface area contributed by atoms with Gasteiger partial charge in [-0.3, -0.25) is 9.97 Å². The van der Waals surface area contributed by atoms with Crippen molar-refractivity contribution >= 4 is 89.9 Å². The molecule has 0 unspecified atom stereocenters. The summed E-state index contributed by atoms with van der Waals surface area (Å²) in [4.78, 5) is 30.2. The minimum atomic E-state index is -3.06. The minimum Gasteiger partial charge on any atom is -0.309 e. The van der Waals surface area contributed by atoms with E-state index in [1.807, 2.05) is 133 Å². The maximum absolute atomic E-state index is 15.0. The largest absolute Gasteiger partial charge is 0.309 e. The highest BCUT2D eigenvalue weighted by Crippen LogP contribution is 2.66. The van der Waals surface area contributed by atoms with Crippen LogP contribution in [0.2, 0.25) is 0 Å². The molecule has 580 valence electrons. The first-order valence-corrected chi connectivity index (χ1v) is 45.3. The van der Waals surface area contributed by atoms with E-state index in [1.165, 1.54) is 103 Å². The lowest BCUT2D eigenvalue weighted by Crippen LogP contribution is -2.31. The predicted molar refractivity (Wildman–Crippen MR) is 512 cm³/mol. The van der Waals surface area contributed by atoms with Crippen LogP contribution in [0.3, 0.4) is 0 Å². The van der Waals surface area contributed by atoms with E-state index in [0.29, 0.717) is 0 Å². The first kappa shape index (κ1) is 73.2. The van der Waals surface area contributed by atoms with Crippen LogP contribution in [-0.4, -0.2) is 24.9 Å². The molecule has 0 amide bonds. The van der Waals surface area contributed by atoms with Crippen molar-refractivity contribution < 1.29 is 4.57 Å². The Kier molecular flexibility index (Phi) is 17.4. The second kappa shape index (κ2) is 29.6. The first-order valence-electron chi connectivity index (χ1n) is 42.0. The normalized spacial score (nSPS) is 13.3. The van der Waals surface area contributed by atoms with Gasteiger partial charge in [-0.05, 0) is 173 Å². The van der Waals surface area contributed by atoms with Crippen LogP contribution >= 0.6 is 30.7 Å². The number of fused-ring (bicyclic) bond motifs is 26. The molecule has 2 aliphatic carbocycles. The van der Waals surface area contributed by atoms with Gasteiger partial charge in [0, 0.05) is 91.3 Å². The zero-order valence-corrected chi connectivity index (χ0v) is 69.5. The summed E-state index contributed by atoms with van der Waals surface area (Å²) >= 11 is 3.76. The zero-order chi connectivity index (χ0) is 82.0.